The van der Waals surface area contributed by atoms with Gasteiger partial charge < -0.3 is 0 Å². The highest BCUT2D eigenvalue weighted by Gasteiger charge is 2.55. The fraction of sp³-hybridized carbons (Fsp3) is 0.250. The Labute approximate surface area is 256 Å². The van der Waals surface area contributed by atoms with E-state index in [1.807, 2.05) is 6.08 Å². The molecule has 0 aromatic heterocycles. The molecule has 0 spiro atoms. The maximum atomic E-state index is 14.0. The van der Waals surface area contributed by atoms with E-state index >= 15 is 0 Å². The van der Waals surface area contributed by atoms with Crippen LogP contribution in [-0.2, 0) is 14.4 Å². The van der Waals surface area contributed by atoms with E-state index < -0.39 is 41.7 Å². The molecule has 9 nitrogen and oxygen atoms in total. The number of halogens is 3. The standard InChI is InChI=1S/C32H25ClF2N6O3/c33-21-8-14-24(15-9-21)40-31(43)28-30(32(40)44)39(38-36-28)17-26(42)41-29(19-6-12-23(35)13-7-19)25-3-1-2-20(27(25)37-41)16-18-4-10-22(34)11-5-18/h4-16,25,28-30H,1-3,17H2. The molecule has 7 rings (SSSR count). The Morgan fingerprint density at radius 1 is 0.909 bits per heavy atom. The van der Waals surface area contributed by atoms with Crippen molar-refractivity contribution in [3.05, 3.63) is 106 Å². The number of hydrogen-bond donors (Lipinski definition) is 0. The minimum atomic E-state index is -1.07. The number of imide groups is 1. The van der Waals surface area contributed by atoms with Crippen LogP contribution in [0.1, 0.15) is 36.4 Å². The molecule has 4 atom stereocenters. The van der Waals surface area contributed by atoms with Crippen molar-refractivity contribution in [2.24, 2.45) is 21.4 Å². The summed E-state index contributed by atoms with van der Waals surface area (Å²) in [6, 6.07) is 15.8. The molecule has 1 aliphatic carbocycles. The SMILES string of the molecule is O=C1C2N=NN(CC(=O)N3N=C4C(=Cc5ccc(F)cc5)CCCC4C3c3ccc(F)cc3)C2C(=O)N1c1ccc(Cl)cc1. The van der Waals surface area contributed by atoms with Crippen LogP contribution in [0, 0.1) is 17.6 Å². The van der Waals surface area contributed by atoms with Gasteiger partial charge >= 0.3 is 0 Å². The van der Waals surface area contributed by atoms with Crippen LogP contribution in [0.2, 0.25) is 5.02 Å². The van der Waals surface area contributed by atoms with Crippen molar-refractivity contribution >= 4 is 46.8 Å². The molecule has 4 aliphatic rings. The highest BCUT2D eigenvalue weighted by Crippen LogP contribution is 2.45. The number of allylic oxidation sites excluding steroid dienone is 1. The Morgan fingerprint density at radius 3 is 2.30 bits per heavy atom. The highest BCUT2D eigenvalue weighted by atomic mass is 35.5. The summed E-state index contributed by atoms with van der Waals surface area (Å²) in [5.41, 5.74) is 3.56. The van der Waals surface area contributed by atoms with Gasteiger partial charge in [-0.15, -0.1) is 0 Å². The van der Waals surface area contributed by atoms with Gasteiger partial charge in [0, 0.05) is 10.9 Å². The van der Waals surface area contributed by atoms with Gasteiger partial charge in [-0.1, -0.05) is 41.1 Å². The summed E-state index contributed by atoms with van der Waals surface area (Å²) in [7, 11) is 0. The molecule has 0 N–H and O–H groups in total. The van der Waals surface area contributed by atoms with Crippen LogP contribution in [0.15, 0.2) is 93.8 Å². The highest BCUT2D eigenvalue weighted by molar-refractivity contribution is 6.31. The van der Waals surface area contributed by atoms with E-state index in [4.69, 9.17) is 16.7 Å². The fourth-order valence-electron chi connectivity index (χ4n) is 6.37. The van der Waals surface area contributed by atoms with E-state index in [1.54, 1.807) is 48.5 Å². The van der Waals surface area contributed by atoms with Gasteiger partial charge in [0.1, 0.15) is 18.2 Å². The first kappa shape index (κ1) is 28.0. The van der Waals surface area contributed by atoms with Crippen molar-refractivity contribution in [1.82, 2.24) is 10.0 Å². The number of amides is 3. The maximum Gasteiger partial charge on any atom is 0.264 e. The van der Waals surface area contributed by atoms with Crippen molar-refractivity contribution in [3.8, 4) is 0 Å². The summed E-state index contributed by atoms with van der Waals surface area (Å²) < 4.78 is 27.4. The summed E-state index contributed by atoms with van der Waals surface area (Å²) in [4.78, 5) is 41.6. The van der Waals surface area contributed by atoms with Crippen molar-refractivity contribution in [2.75, 3.05) is 11.4 Å². The number of hydrogen-bond acceptors (Lipinski definition) is 7. The number of rotatable bonds is 5. The third-order valence-electron chi connectivity index (χ3n) is 8.42. The van der Waals surface area contributed by atoms with Crippen LogP contribution >= 0.6 is 11.6 Å². The number of nitrogens with zero attached hydrogens (tertiary/aromatic N) is 6. The van der Waals surface area contributed by atoms with E-state index in [2.05, 4.69) is 10.3 Å². The van der Waals surface area contributed by atoms with Crippen LogP contribution in [-0.4, -0.2) is 52.1 Å². The van der Waals surface area contributed by atoms with Gasteiger partial charge in [0.15, 0.2) is 12.1 Å². The largest absolute Gasteiger partial charge is 0.271 e. The minimum absolute atomic E-state index is 0.159. The lowest BCUT2D eigenvalue weighted by Gasteiger charge is -2.30. The molecule has 0 radical (unpaired) electrons. The Morgan fingerprint density at radius 2 is 1.59 bits per heavy atom. The molecule has 3 aliphatic heterocycles. The molecule has 3 aromatic carbocycles. The van der Waals surface area contributed by atoms with Gasteiger partial charge in [0.05, 0.1) is 17.4 Å². The van der Waals surface area contributed by atoms with Crippen molar-refractivity contribution < 1.29 is 23.2 Å². The monoisotopic (exact) mass is 614 g/mol. The number of benzene rings is 3. The smallest absolute Gasteiger partial charge is 0.264 e. The van der Waals surface area contributed by atoms with Crippen molar-refractivity contribution in [2.45, 2.75) is 37.4 Å². The fourth-order valence-corrected chi connectivity index (χ4v) is 6.50. The lowest BCUT2D eigenvalue weighted by molar-refractivity contribution is -0.136. The zero-order chi connectivity index (χ0) is 30.5. The van der Waals surface area contributed by atoms with E-state index in [0.717, 1.165) is 41.0 Å². The molecule has 3 amide bonds. The van der Waals surface area contributed by atoms with Gasteiger partial charge in [-0.3, -0.25) is 19.4 Å². The molecule has 4 unspecified atom stereocenters. The number of carbonyl (C=O) groups is 3. The van der Waals surface area contributed by atoms with Gasteiger partial charge in [-0.25, -0.2) is 18.7 Å². The quantitative estimate of drug-likeness (QED) is 0.343. The number of fused-ring (bicyclic) bond motifs is 2. The molecule has 3 heterocycles. The Kier molecular flexibility index (Phi) is 7.04. The first-order valence-electron chi connectivity index (χ1n) is 14.2. The van der Waals surface area contributed by atoms with Crippen molar-refractivity contribution in [1.29, 1.82) is 0 Å². The summed E-state index contributed by atoms with van der Waals surface area (Å²) in [5, 5.41) is 16.0. The molecule has 44 heavy (non-hydrogen) atoms. The second kappa shape index (κ2) is 11.1. The molecule has 222 valence electrons. The van der Waals surface area contributed by atoms with E-state index in [-0.39, 0.29) is 18.3 Å². The molecular weight excluding hydrogens is 590 g/mol. The van der Waals surface area contributed by atoms with Gasteiger partial charge in [-0.2, -0.15) is 10.2 Å². The van der Waals surface area contributed by atoms with Gasteiger partial charge in [0.25, 0.3) is 17.7 Å². The lowest BCUT2D eigenvalue weighted by Crippen LogP contribution is -2.45. The molecular formula is C32H25ClF2N6O3. The van der Waals surface area contributed by atoms with Crippen LogP contribution in [0.25, 0.3) is 6.08 Å². The topological polar surface area (TPSA) is 98.0 Å². The zero-order valence-electron chi connectivity index (χ0n) is 23.2. The van der Waals surface area contributed by atoms with Gasteiger partial charge in [-0.05, 0) is 90.6 Å². The molecule has 3 aromatic rings. The van der Waals surface area contributed by atoms with E-state index in [1.165, 1.54) is 34.3 Å². The van der Waals surface area contributed by atoms with Crippen molar-refractivity contribution in [3.63, 3.8) is 0 Å². The summed E-state index contributed by atoms with van der Waals surface area (Å²) in [6.07, 6.45) is 4.28. The summed E-state index contributed by atoms with van der Waals surface area (Å²) in [6.45, 7) is -0.351. The summed E-state index contributed by atoms with van der Waals surface area (Å²) in [5.74, 6) is -2.42. The Hall–Kier alpha value is -4.77. The first-order valence-corrected chi connectivity index (χ1v) is 14.6. The normalized spacial score (nSPS) is 25.1. The van der Waals surface area contributed by atoms with Gasteiger partial charge in [0.2, 0.25) is 0 Å². The number of carbonyl (C=O) groups excluding carboxylic acids is 3. The van der Waals surface area contributed by atoms with Crippen LogP contribution in [0.4, 0.5) is 14.5 Å². The second-order valence-corrected chi connectivity index (χ2v) is 11.6. The van der Waals surface area contributed by atoms with Crippen LogP contribution in [0.3, 0.4) is 0 Å². The third-order valence-corrected chi connectivity index (χ3v) is 8.67. The molecule has 12 heteroatoms. The minimum Gasteiger partial charge on any atom is -0.271 e. The average molecular weight is 615 g/mol. The molecule has 0 bridgehead atoms. The summed E-state index contributed by atoms with van der Waals surface area (Å²) >= 11 is 5.98. The Bertz CT molecular complexity index is 1740. The predicted octanol–water partition coefficient (Wildman–Crippen LogP) is 5.73. The number of anilines is 1. The molecule has 2 fully saturated rings. The molecule has 1 saturated carbocycles. The van der Waals surface area contributed by atoms with E-state index in [9.17, 15) is 23.2 Å². The second-order valence-electron chi connectivity index (χ2n) is 11.1. The predicted molar refractivity (Wildman–Crippen MR) is 158 cm³/mol. The molecule has 1 saturated heterocycles. The van der Waals surface area contributed by atoms with Crippen LogP contribution in [0.5, 0.6) is 0 Å². The first-order chi connectivity index (χ1) is 21.3. The third kappa shape index (κ3) is 4.86. The number of hydrazone groups is 1. The van der Waals surface area contributed by atoms with E-state index in [0.29, 0.717) is 16.3 Å². The lowest BCUT2D eigenvalue weighted by atomic mass is 9.77. The average Bonchev–Trinajstić information content (AvgIpc) is 3.69. The zero-order valence-corrected chi connectivity index (χ0v) is 23.9. The maximum absolute atomic E-state index is 14.0. The Balaban J connectivity index is 1.18. The van der Waals surface area contributed by atoms with Crippen LogP contribution < -0.4 is 4.90 Å².